The number of hydrogen-bond acceptors (Lipinski definition) is 3. The molecular formula is C13H12O3. The summed E-state index contributed by atoms with van der Waals surface area (Å²) in [7, 11) is 1.55. The van der Waals surface area contributed by atoms with Gasteiger partial charge in [-0.05, 0) is 25.1 Å². The van der Waals surface area contributed by atoms with Gasteiger partial charge in [0, 0.05) is 0 Å². The van der Waals surface area contributed by atoms with Gasteiger partial charge < -0.3 is 9.15 Å². The first-order valence-corrected chi connectivity index (χ1v) is 4.94. The van der Waals surface area contributed by atoms with E-state index in [1.807, 2.05) is 19.1 Å². The highest BCUT2D eigenvalue weighted by atomic mass is 16.5. The lowest BCUT2D eigenvalue weighted by Crippen LogP contribution is -2.03. The number of ether oxygens (including phenoxy) is 1. The molecule has 0 amide bonds. The highest BCUT2D eigenvalue weighted by Crippen LogP contribution is 2.22. The monoisotopic (exact) mass is 216 g/mol. The first-order chi connectivity index (χ1) is 7.72. The molecule has 3 nitrogen and oxygen atoms in total. The van der Waals surface area contributed by atoms with Gasteiger partial charge in [-0.1, -0.05) is 11.6 Å². The lowest BCUT2D eigenvalue weighted by molar-refractivity contribution is 0.103. The lowest BCUT2D eigenvalue weighted by Gasteiger charge is -2.07. The van der Waals surface area contributed by atoms with Gasteiger partial charge in [0.1, 0.15) is 12.0 Å². The molecule has 0 N–H and O–H groups in total. The molecule has 1 heterocycles. The first-order valence-electron chi connectivity index (χ1n) is 4.94. The molecule has 0 unspecified atom stereocenters. The van der Waals surface area contributed by atoms with Crippen LogP contribution in [0.2, 0.25) is 0 Å². The normalized spacial score (nSPS) is 10.1. The zero-order chi connectivity index (χ0) is 11.5. The predicted octanol–water partition coefficient (Wildman–Crippen LogP) is 2.83. The molecule has 0 saturated heterocycles. The van der Waals surface area contributed by atoms with Crippen molar-refractivity contribution in [3.05, 3.63) is 53.5 Å². The lowest BCUT2D eigenvalue weighted by atomic mass is 10.0. The molecule has 0 atom stereocenters. The second-order valence-electron chi connectivity index (χ2n) is 3.54. The number of benzene rings is 1. The van der Waals surface area contributed by atoms with Crippen molar-refractivity contribution < 1.29 is 13.9 Å². The van der Waals surface area contributed by atoms with Gasteiger partial charge in [-0.2, -0.15) is 0 Å². The van der Waals surface area contributed by atoms with Crippen LogP contribution >= 0.6 is 0 Å². The van der Waals surface area contributed by atoms with Crippen LogP contribution in [-0.2, 0) is 0 Å². The Bertz CT molecular complexity index is 498. The molecule has 0 fully saturated rings. The van der Waals surface area contributed by atoms with Crippen LogP contribution in [0.15, 0.2) is 41.2 Å². The summed E-state index contributed by atoms with van der Waals surface area (Å²) in [5.41, 5.74) is 2.11. The highest BCUT2D eigenvalue weighted by Gasteiger charge is 2.15. The van der Waals surface area contributed by atoms with E-state index in [4.69, 9.17) is 9.15 Å². The molecule has 82 valence electrons. The Morgan fingerprint density at radius 1 is 1.31 bits per heavy atom. The minimum Gasteiger partial charge on any atom is -0.496 e. The number of carbonyl (C=O) groups is 1. The predicted molar refractivity (Wildman–Crippen MR) is 59.9 cm³/mol. The molecule has 0 aliphatic carbocycles. The number of furan rings is 1. The summed E-state index contributed by atoms with van der Waals surface area (Å²) in [4.78, 5) is 12.1. The number of aryl methyl sites for hydroxylation is 1. The van der Waals surface area contributed by atoms with E-state index in [2.05, 4.69) is 0 Å². The summed E-state index contributed by atoms with van der Waals surface area (Å²) >= 11 is 0. The summed E-state index contributed by atoms with van der Waals surface area (Å²) in [6.07, 6.45) is 2.92. The van der Waals surface area contributed by atoms with Crippen LogP contribution in [-0.4, -0.2) is 12.9 Å². The van der Waals surface area contributed by atoms with Crippen LogP contribution in [0.4, 0.5) is 0 Å². The van der Waals surface area contributed by atoms with Crippen LogP contribution in [0, 0.1) is 6.92 Å². The van der Waals surface area contributed by atoms with Crippen molar-refractivity contribution in [2.45, 2.75) is 6.92 Å². The van der Waals surface area contributed by atoms with Crippen LogP contribution in [0.3, 0.4) is 0 Å². The fraction of sp³-hybridized carbons (Fsp3) is 0.154. The Kier molecular flexibility index (Phi) is 2.77. The van der Waals surface area contributed by atoms with Gasteiger partial charge in [-0.25, -0.2) is 0 Å². The van der Waals surface area contributed by atoms with Gasteiger partial charge in [0.2, 0.25) is 0 Å². The van der Waals surface area contributed by atoms with E-state index in [-0.39, 0.29) is 5.78 Å². The fourth-order valence-corrected chi connectivity index (χ4v) is 1.55. The van der Waals surface area contributed by atoms with Gasteiger partial charge in [-0.3, -0.25) is 4.79 Å². The first kappa shape index (κ1) is 10.5. The summed E-state index contributed by atoms with van der Waals surface area (Å²) in [5.74, 6) is 0.492. The van der Waals surface area contributed by atoms with Gasteiger partial charge >= 0.3 is 0 Å². The zero-order valence-electron chi connectivity index (χ0n) is 9.19. The van der Waals surface area contributed by atoms with E-state index < -0.39 is 0 Å². The van der Waals surface area contributed by atoms with E-state index in [1.165, 1.54) is 12.5 Å². The van der Waals surface area contributed by atoms with Crippen LogP contribution < -0.4 is 4.74 Å². The third-order valence-corrected chi connectivity index (χ3v) is 2.38. The Morgan fingerprint density at radius 3 is 2.75 bits per heavy atom. The molecule has 0 spiro atoms. The van der Waals surface area contributed by atoms with Crippen molar-refractivity contribution in [1.82, 2.24) is 0 Å². The third-order valence-electron chi connectivity index (χ3n) is 2.38. The molecular weight excluding hydrogens is 204 g/mol. The minimum atomic E-state index is -0.0886. The number of ketones is 1. The molecule has 1 aromatic carbocycles. The van der Waals surface area contributed by atoms with Crippen LogP contribution in [0.5, 0.6) is 5.75 Å². The average molecular weight is 216 g/mol. The second kappa shape index (κ2) is 4.23. The summed E-state index contributed by atoms with van der Waals surface area (Å²) in [6.45, 7) is 1.94. The van der Waals surface area contributed by atoms with Crippen LogP contribution in [0.1, 0.15) is 21.5 Å². The zero-order valence-corrected chi connectivity index (χ0v) is 9.19. The Labute approximate surface area is 93.7 Å². The minimum absolute atomic E-state index is 0.0886. The largest absolute Gasteiger partial charge is 0.496 e. The Hall–Kier alpha value is -2.03. The summed E-state index contributed by atoms with van der Waals surface area (Å²) in [5, 5.41) is 0. The van der Waals surface area contributed by atoms with E-state index in [0.717, 1.165) is 5.56 Å². The maximum Gasteiger partial charge on any atom is 0.199 e. The van der Waals surface area contributed by atoms with E-state index in [9.17, 15) is 4.79 Å². The molecule has 2 aromatic rings. The van der Waals surface area contributed by atoms with Crippen molar-refractivity contribution in [2.75, 3.05) is 7.11 Å². The average Bonchev–Trinajstić information content (AvgIpc) is 2.81. The van der Waals surface area contributed by atoms with Gasteiger partial charge in [0.25, 0.3) is 0 Å². The van der Waals surface area contributed by atoms with Gasteiger partial charge in [0.15, 0.2) is 5.78 Å². The Balaban J connectivity index is 2.47. The number of methoxy groups -OCH3 is 1. The van der Waals surface area contributed by atoms with Crippen LogP contribution in [0.25, 0.3) is 0 Å². The quantitative estimate of drug-likeness (QED) is 0.740. The standard InChI is InChI=1S/C13H12O3/c1-9-3-4-12(15-2)11(7-9)13(14)10-5-6-16-8-10/h3-8H,1-2H3. The fourth-order valence-electron chi connectivity index (χ4n) is 1.55. The molecule has 0 radical (unpaired) electrons. The van der Waals surface area contributed by atoms with Crippen molar-refractivity contribution in [3.8, 4) is 5.75 Å². The van der Waals surface area contributed by atoms with Gasteiger partial charge in [0.05, 0.1) is 24.5 Å². The van der Waals surface area contributed by atoms with Crippen molar-refractivity contribution >= 4 is 5.78 Å². The second-order valence-corrected chi connectivity index (χ2v) is 3.54. The maximum atomic E-state index is 12.1. The smallest absolute Gasteiger partial charge is 0.199 e. The summed E-state index contributed by atoms with van der Waals surface area (Å²) < 4.78 is 10.1. The molecule has 16 heavy (non-hydrogen) atoms. The molecule has 0 saturated carbocycles. The molecule has 0 bridgehead atoms. The topological polar surface area (TPSA) is 39.4 Å². The van der Waals surface area contributed by atoms with E-state index >= 15 is 0 Å². The molecule has 3 heteroatoms. The molecule has 0 aliphatic rings. The number of hydrogen-bond donors (Lipinski definition) is 0. The molecule has 2 rings (SSSR count). The highest BCUT2D eigenvalue weighted by molar-refractivity contribution is 6.10. The third kappa shape index (κ3) is 1.84. The van der Waals surface area contributed by atoms with Crippen molar-refractivity contribution in [2.24, 2.45) is 0 Å². The van der Waals surface area contributed by atoms with Crippen molar-refractivity contribution in [3.63, 3.8) is 0 Å². The summed E-state index contributed by atoms with van der Waals surface area (Å²) in [6, 6.07) is 7.16. The molecule has 1 aromatic heterocycles. The van der Waals surface area contributed by atoms with Crippen molar-refractivity contribution in [1.29, 1.82) is 0 Å². The molecule has 0 aliphatic heterocycles. The number of carbonyl (C=O) groups excluding carboxylic acids is 1. The van der Waals surface area contributed by atoms with E-state index in [1.54, 1.807) is 19.2 Å². The number of rotatable bonds is 3. The van der Waals surface area contributed by atoms with Gasteiger partial charge in [-0.15, -0.1) is 0 Å². The SMILES string of the molecule is COc1ccc(C)cc1C(=O)c1ccoc1. The Morgan fingerprint density at radius 2 is 2.12 bits per heavy atom. The van der Waals surface area contributed by atoms with E-state index in [0.29, 0.717) is 16.9 Å². The maximum absolute atomic E-state index is 12.1.